The van der Waals surface area contributed by atoms with Gasteiger partial charge in [-0.15, -0.1) is 0 Å². The van der Waals surface area contributed by atoms with Crippen molar-refractivity contribution in [3.05, 3.63) is 101 Å². The molecule has 1 aliphatic carbocycles. The number of aliphatic hydroxyl groups is 3. The lowest BCUT2D eigenvalue weighted by Crippen LogP contribution is -2.31. The number of unbranched alkanes of at least 4 members (excludes halogenated alkanes) is 2. The Morgan fingerprint density at radius 1 is 0.787 bits per heavy atom. The van der Waals surface area contributed by atoms with Gasteiger partial charge < -0.3 is 29.5 Å². The van der Waals surface area contributed by atoms with Crippen molar-refractivity contribution in [1.82, 2.24) is 0 Å². The van der Waals surface area contributed by atoms with Crippen molar-refractivity contribution in [2.24, 2.45) is 11.3 Å². The van der Waals surface area contributed by atoms with Crippen molar-refractivity contribution < 1.29 is 38.7 Å². The van der Waals surface area contributed by atoms with Gasteiger partial charge in [-0.1, -0.05) is 96.4 Å². The Morgan fingerprint density at radius 3 is 2.03 bits per heavy atom. The molecule has 3 N–H and O–H groups in total. The fourth-order valence-electron chi connectivity index (χ4n) is 8.83. The lowest BCUT2D eigenvalue weighted by atomic mass is 9.77. The third kappa shape index (κ3) is 14.6. The number of benzene rings is 3. The Morgan fingerprint density at radius 2 is 1.44 bits per heavy atom. The Balaban J connectivity index is 1.67. The fourth-order valence-corrected chi connectivity index (χ4v) is 8.83. The molecule has 1 atom stereocenters. The number of ether oxygens (including phenoxy) is 3. The molecule has 7 nitrogen and oxygen atoms in total. The van der Waals surface area contributed by atoms with Crippen LogP contribution in [0.25, 0.3) is 22.3 Å². The van der Waals surface area contributed by atoms with E-state index in [0.29, 0.717) is 67.8 Å². The van der Waals surface area contributed by atoms with Gasteiger partial charge >= 0.3 is 5.97 Å². The summed E-state index contributed by atoms with van der Waals surface area (Å²) in [6, 6.07) is 16.4. The predicted molar refractivity (Wildman–Crippen MR) is 246 cm³/mol. The Bertz CT molecular complexity index is 1860. The molecule has 1 saturated carbocycles. The third-order valence-electron chi connectivity index (χ3n) is 12.7. The van der Waals surface area contributed by atoms with Crippen LogP contribution in [0.15, 0.2) is 72.8 Å². The second-order valence-corrected chi connectivity index (χ2v) is 17.7. The molecule has 4 rings (SSSR count). The molecule has 0 amide bonds. The van der Waals surface area contributed by atoms with E-state index in [1.165, 1.54) is 38.5 Å². The zero-order valence-corrected chi connectivity index (χ0v) is 38.0. The zero-order chi connectivity index (χ0) is 44.4. The topological polar surface area (TPSA) is 105 Å². The summed E-state index contributed by atoms with van der Waals surface area (Å²) in [4.78, 5) is 12.2. The molecular weight excluding hydrogens is 768 g/mol. The van der Waals surface area contributed by atoms with Crippen LogP contribution >= 0.6 is 0 Å². The van der Waals surface area contributed by atoms with E-state index >= 15 is 4.39 Å². The second-order valence-electron chi connectivity index (χ2n) is 17.7. The van der Waals surface area contributed by atoms with Crippen LogP contribution in [-0.4, -0.2) is 60.6 Å². The van der Waals surface area contributed by atoms with Crippen molar-refractivity contribution >= 4 is 5.97 Å². The number of esters is 1. The quantitative estimate of drug-likeness (QED) is 0.0231. The van der Waals surface area contributed by atoms with Crippen molar-refractivity contribution in [3.63, 3.8) is 0 Å². The average Bonchev–Trinajstić information content (AvgIpc) is 3.26. The molecule has 3 aromatic carbocycles. The minimum absolute atomic E-state index is 0.139. The smallest absolute Gasteiger partial charge is 0.333 e. The minimum Gasteiger partial charge on any atom is -0.493 e. The molecule has 8 heteroatoms. The van der Waals surface area contributed by atoms with Crippen LogP contribution in [-0.2, 0) is 33.5 Å². The highest BCUT2D eigenvalue weighted by Crippen LogP contribution is 2.41. The first kappa shape index (κ1) is 49.8. The molecule has 0 aromatic heterocycles. The molecule has 3 aromatic rings. The monoisotopic (exact) mass is 843 g/mol. The summed E-state index contributed by atoms with van der Waals surface area (Å²) in [6.07, 6.45) is 13.9. The number of hydrogen-bond donors (Lipinski definition) is 3. The lowest BCUT2D eigenvalue weighted by Gasteiger charge is -2.30. The van der Waals surface area contributed by atoms with Gasteiger partial charge in [0, 0.05) is 16.6 Å². The summed E-state index contributed by atoms with van der Waals surface area (Å²) in [5, 5.41) is 30.8. The fraction of sp³-hybridized carbons (Fsp3) is 0.566. The maximum absolute atomic E-state index is 16.0. The molecule has 1 fully saturated rings. The van der Waals surface area contributed by atoms with E-state index in [9.17, 15) is 20.1 Å². The highest BCUT2D eigenvalue weighted by atomic mass is 19.1. The molecule has 0 spiro atoms. The van der Waals surface area contributed by atoms with Gasteiger partial charge in [0.2, 0.25) is 0 Å². The van der Waals surface area contributed by atoms with Gasteiger partial charge in [-0.2, -0.15) is 0 Å². The number of aliphatic hydroxyl groups excluding tert-OH is 3. The van der Waals surface area contributed by atoms with Crippen molar-refractivity contribution in [1.29, 1.82) is 0 Å². The van der Waals surface area contributed by atoms with Gasteiger partial charge in [-0.3, -0.25) is 0 Å². The summed E-state index contributed by atoms with van der Waals surface area (Å²) >= 11 is 0. The summed E-state index contributed by atoms with van der Waals surface area (Å²) in [6.45, 7) is 17.8. The Kier molecular flexibility index (Phi) is 20.7. The zero-order valence-electron chi connectivity index (χ0n) is 38.0. The third-order valence-corrected chi connectivity index (χ3v) is 12.7. The second kappa shape index (κ2) is 25.3. The van der Waals surface area contributed by atoms with Gasteiger partial charge in [-0.25, -0.2) is 9.18 Å². The highest BCUT2D eigenvalue weighted by Gasteiger charge is 2.28. The van der Waals surface area contributed by atoms with Crippen LogP contribution in [0, 0.1) is 17.2 Å². The first-order chi connectivity index (χ1) is 29.4. The van der Waals surface area contributed by atoms with Crippen LogP contribution in [0.1, 0.15) is 146 Å². The molecular formula is C53H75FO7. The molecule has 0 saturated heterocycles. The normalized spacial score (nSPS) is 16.0. The van der Waals surface area contributed by atoms with E-state index in [1.54, 1.807) is 19.9 Å². The molecule has 61 heavy (non-hydrogen) atoms. The van der Waals surface area contributed by atoms with E-state index < -0.39 is 17.7 Å². The maximum Gasteiger partial charge on any atom is 0.333 e. The Labute approximate surface area is 366 Å². The van der Waals surface area contributed by atoms with E-state index in [4.69, 9.17) is 14.2 Å². The number of aryl methyl sites for hydroxylation is 3. The molecule has 0 aliphatic heterocycles. The standard InChI is InChI=1S/C53H75FO7/c1-8-11-12-15-39-18-20-41(21-19-39)42-22-25-48(49(54)34-42)43-23-24-47(40(10-3)31-43)46-32-44(16-13-28-60-51(57)37(4)5)50(59-30-27-53(35-55,36-56)26-9-2)45(33-46)17-14-29-61-52(58)38(6)7/h22-25,31-34,39,41,51,55-57H,4,6,8-21,26-30,35-36H2,1-3,5,7H3. The SMILES string of the molecule is C=C(C)C(=O)OCCCc1cc(-c2ccc(-c3ccc(C4CCC(CCCCC)CC4)cc3F)cc2CC)cc(CCCOC(O)C(=C)C)c1OCCC(CO)(CO)CCC. The van der Waals surface area contributed by atoms with Crippen LogP contribution in [0.2, 0.25) is 0 Å². The molecule has 0 bridgehead atoms. The molecule has 1 unspecified atom stereocenters. The van der Waals surface area contributed by atoms with Gasteiger partial charge in [0.05, 0.1) is 33.0 Å². The Hall–Kier alpha value is -3.82. The minimum atomic E-state index is -1.05. The van der Waals surface area contributed by atoms with Gasteiger partial charge in [0.25, 0.3) is 0 Å². The molecule has 0 heterocycles. The van der Waals surface area contributed by atoms with E-state index in [1.807, 2.05) is 19.1 Å². The molecule has 336 valence electrons. The van der Waals surface area contributed by atoms with E-state index in [0.717, 1.165) is 76.3 Å². The van der Waals surface area contributed by atoms with Gasteiger partial charge in [-0.05, 0) is 159 Å². The summed E-state index contributed by atoms with van der Waals surface area (Å²) < 4.78 is 33.8. The van der Waals surface area contributed by atoms with Crippen molar-refractivity contribution in [3.8, 4) is 28.0 Å². The highest BCUT2D eigenvalue weighted by molar-refractivity contribution is 5.86. The maximum atomic E-state index is 16.0. The lowest BCUT2D eigenvalue weighted by molar-refractivity contribution is -0.139. The first-order valence-electron chi connectivity index (χ1n) is 23.1. The largest absolute Gasteiger partial charge is 0.493 e. The average molecular weight is 843 g/mol. The van der Waals surface area contributed by atoms with Crippen molar-refractivity contribution in [2.45, 2.75) is 150 Å². The van der Waals surface area contributed by atoms with E-state index in [-0.39, 0.29) is 32.2 Å². The number of carbonyl (C=O) groups is 1. The van der Waals surface area contributed by atoms with Crippen LogP contribution in [0.3, 0.4) is 0 Å². The summed E-state index contributed by atoms with van der Waals surface area (Å²) in [5.74, 6) is 1.34. The van der Waals surface area contributed by atoms with Crippen molar-refractivity contribution in [2.75, 3.05) is 33.0 Å². The van der Waals surface area contributed by atoms with Crippen LogP contribution in [0.5, 0.6) is 5.75 Å². The van der Waals surface area contributed by atoms with Gasteiger partial charge in [0.1, 0.15) is 11.6 Å². The predicted octanol–water partition coefficient (Wildman–Crippen LogP) is 12.0. The van der Waals surface area contributed by atoms with Crippen LogP contribution in [0.4, 0.5) is 4.39 Å². The number of rotatable bonds is 27. The summed E-state index contributed by atoms with van der Waals surface area (Å²) in [7, 11) is 0. The molecule has 1 aliphatic rings. The summed E-state index contributed by atoms with van der Waals surface area (Å²) in [5.41, 5.74) is 7.82. The van der Waals surface area contributed by atoms with Crippen LogP contribution < -0.4 is 4.74 Å². The number of carbonyl (C=O) groups excluding carboxylic acids is 1. The first-order valence-corrected chi connectivity index (χ1v) is 23.1. The number of hydrogen-bond acceptors (Lipinski definition) is 7. The molecule has 0 radical (unpaired) electrons. The number of halogens is 1. The van der Waals surface area contributed by atoms with Gasteiger partial charge in [0.15, 0.2) is 6.29 Å². The van der Waals surface area contributed by atoms with E-state index in [2.05, 4.69) is 57.3 Å².